The van der Waals surface area contributed by atoms with Gasteiger partial charge in [0.1, 0.15) is 17.2 Å². The van der Waals surface area contributed by atoms with Crippen LogP contribution in [0.4, 0.5) is 9.59 Å². The fourth-order valence-electron chi connectivity index (χ4n) is 2.86. The van der Waals surface area contributed by atoms with E-state index in [1.807, 2.05) is 0 Å². The number of amides is 3. The van der Waals surface area contributed by atoms with E-state index in [1.165, 1.54) is 0 Å². The zero-order chi connectivity index (χ0) is 22.9. The second kappa shape index (κ2) is 11.4. The maximum absolute atomic E-state index is 13.0. The Morgan fingerprint density at radius 3 is 1.97 bits per heavy atom. The molecule has 1 aliphatic rings. The van der Waals surface area contributed by atoms with Crippen molar-refractivity contribution in [3.05, 3.63) is 0 Å². The van der Waals surface area contributed by atoms with Gasteiger partial charge in [0.25, 0.3) is 0 Å². The van der Waals surface area contributed by atoms with Crippen molar-refractivity contribution in [2.45, 2.75) is 65.2 Å². The standard InChI is InChI=1S/C20H38N4O6/c1-19(2,3)29-17(27)21-14-15(22-18(28)30-20(4,5)6)16(26)24-11-9-23(10-12-24)8-7-13-25/h15,25H,7-14H2,1-6H3,(H,21,27)(H,22,28). The molecule has 1 aliphatic heterocycles. The molecule has 0 aromatic heterocycles. The molecule has 174 valence electrons. The SMILES string of the molecule is CC(C)(C)OC(=O)NCC(NC(=O)OC(C)(C)C)C(=O)N1CCN(CCCO)CC1. The highest BCUT2D eigenvalue weighted by Crippen LogP contribution is 2.10. The zero-order valence-electron chi connectivity index (χ0n) is 19.1. The molecule has 3 amide bonds. The van der Waals surface area contributed by atoms with Gasteiger partial charge in [0.05, 0.1) is 6.54 Å². The van der Waals surface area contributed by atoms with Gasteiger partial charge in [0, 0.05) is 39.3 Å². The summed E-state index contributed by atoms with van der Waals surface area (Å²) in [6.07, 6.45) is -0.704. The third-order valence-electron chi connectivity index (χ3n) is 4.15. The molecule has 0 aliphatic carbocycles. The van der Waals surface area contributed by atoms with Gasteiger partial charge in [-0.1, -0.05) is 0 Å². The average Bonchev–Trinajstić information content (AvgIpc) is 2.60. The van der Waals surface area contributed by atoms with E-state index in [0.29, 0.717) is 32.6 Å². The zero-order valence-corrected chi connectivity index (χ0v) is 19.1. The molecule has 0 aromatic rings. The Kier molecular flexibility index (Phi) is 9.83. The van der Waals surface area contributed by atoms with Gasteiger partial charge in [-0.15, -0.1) is 0 Å². The Hall–Kier alpha value is -2.07. The highest BCUT2D eigenvalue weighted by molar-refractivity contribution is 5.86. The average molecular weight is 431 g/mol. The van der Waals surface area contributed by atoms with Crippen molar-refractivity contribution in [3.8, 4) is 0 Å². The van der Waals surface area contributed by atoms with E-state index in [-0.39, 0.29) is 19.1 Å². The first-order chi connectivity index (χ1) is 13.8. The maximum atomic E-state index is 13.0. The Morgan fingerprint density at radius 1 is 0.933 bits per heavy atom. The van der Waals surface area contributed by atoms with Crippen LogP contribution in [0.2, 0.25) is 0 Å². The largest absolute Gasteiger partial charge is 0.444 e. The number of hydrogen-bond acceptors (Lipinski definition) is 7. The minimum atomic E-state index is -0.976. The second-order valence-electron chi connectivity index (χ2n) is 9.33. The van der Waals surface area contributed by atoms with Gasteiger partial charge in [-0.25, -0.2) is 9.59 Å². The smallest absolute Gasteiger partial charge is 0.408 e. The first kappa shape index (κ1) is 26.0. The van der Waals surface area contributed by atoms with Crippen LogP contribution in [0.1, 0.15) is 48.0 Å². The number of carbonyl (C=O) groups is 3. The van der Waals surface area contributed by atoms with Gasteiger partial charge < -0.3 is 30.1 Å². The number of aliphatic hydroxyl groups excluding tert-OH is 1. The van der Waals surface area contributed by atoms with Crippen LogP contribution in [0.3, 0.4) is 0 Å². The minimum absolute atomic E-state index is 0.113. The summed E-state index contributed by atoms with van der Waals surface area (Å²) in [6.45, 7) is 13.6. The molecule has 0 bridgehead atoms. The van der Waals surface area contributed by atoms with E-state index in [1.54, 1.807) is 46.4 Å². The fraction of sp³-hybridized carbons (Fsp3) is 0.850. The van der Waals surface area contributed by atoms with Crippen molar-refractivity contribution >= 4 is 18.1 Å². The number of rotatable bonds is 7. The molecule has 1 rings (SSSR count). The van der Waals surface area contributed by atoms with E-state index >= 15 is 0 Å². The van der Waals surface area contributed by atoms with E-state index in [0.717, 1.165) is 6.54 Å². The molecule has 1 unspecified atom stereocenters. The minimum Gasteiger partial charge on any atom is -0.444 e. The summed E-state index contributed by atoms with van der Waals surface area (Å²) in [5.41, 5.74) is -1.39. The molecule has 1 heterocycles. The van der Waals surface area contributed by atoms with Crippen LogP contribution in [0.25, 0.3) is 0 Å². The van der Waals surface area contributed by atoms with Gasteiger partial charge in [0.15, 0.2) is 0 Å². The van der Waals surface area contributed by atoms with Crippen molar-refractivity contribution < 1.29 is 29.0 Å². The summed E-state index contributed by atoms with van der Waals surface area (Å²) < 4.78 is 10.5. The molecule has 3 N–H and O–H groups in total. The molecule has 0 radical (unpaired) electrons. The first-order valence-electron chi connectivity index (χ1n) is 10.4. The van der Waals surface area contributed by atoms with Gasteiger partial charge in [-0.05, 0) is 48.0 Å². The van der Waals surface area contributed by atoms with Crippen LogP contribution < -0.4 is 10.6 Å². The molecular formula is C20H38N4O6. The number of nitrogens with zero attached hydrogens (tertiary/aromatic N) is 2. The molecular weight excluding hydrogens is 392 g/mol. The lowest BCUT2D eigenvalue weighted by molar-refractivity contribution is -0.135. The summed E-state index contributed by atoms with van der Waals surface area (Å²) in [7, 11) is 0. The van der Waals surface area contributed by atoms with Crippen LogP contribution in [-0.2, 0) is 14.3 Å². The Bertz CT molecular complexity index is 577. The second-order valence-corrected chi connectivity index (χ2v) is 9.33. The molecule has 0 saturated carbocycles. The van der Waals surface area contributed by atoms with Gasteiger partial charge in [-0.3, -0.25) is 9.69 Å². The number of nitrogens with one attached hydrogen (secondary N) is 2. The van der Waals surface area contributed by atoms with Crippen LogP contribution in [0.5, 0.6) is 0 Å². The van der Waals surface area contributed by atoms with Crippen molar-refractivity contribution in [1.82, 2.24) is 20.4 Å². The van der Waals surface area contributed by atoms with E-state index in [2.05, 4.69) is 15.5 Å². The van der Waals surface area contributed by atoms with E-state index < -0.39 is 29.4 Å². The lowest BCUT2D eigenvalue weighted by Crippen LogP contribution is -2.58. The molecule has 1 atom stereocenters. The molecule has 30 heavy (non-hydrogen) atoms. The van der Waals surface area contributed by atoms with Crippen molar-refractivity contribution in [2.24, 2.45) is 0 Å². The van der Waals surface area contributed by atoms with Crippen molar-refractivity contribution in [3.63, 3.8) is 0 Å². The number of ether oxygens (including phenoxy) is 2. The van der Waals surface area contributed by atoms with E-state index in [4.69, 9.17) is 14.6 Å². The van der Waals surface area contributed by atoms with Crippen molar-refractivity contribution in [1.29, 1.82) is 0 Å². The summed E-state index contributed by atoms with van der Waals surface area (Å²) in [4.78, 5) is 41.1. The highest BCUT2D eigenvalue weighted by Gasteiger charge is 2.31. The van der Waals surface area contributed by atoms with Crippen LogP contribution in [0, 0.1) is 0 Å². The van der Waals surface area contributed by atoms with Gasteiger partial charge >= 0.3 is 12.2 Å². The fourth-order valence-corrected chi connectivity index (χ4v) is 2.86. The number of hydrogen-bond donors (Lipinski definition) is 3. The molecule has 0 aromatic carbocycles. The third kappa shape index (κ3) is 10.6. The summed E-state index contributed by atoms with van der Waals surface area (Å²) in [6, 6.07) is -0.976. The van der Waals surface area contributed by atoms with E-state index in [9.17, 15) is 14.4 Å². The summed E-state index contributed by atoms with van der Waals surface area (Å²) in [5.74, 6) is -0.293. The number of alkyl carbamates (subject to hydrolysis) is 2. The normalized spacial score (nSPS) is 16.6. The predicted octanol–water partition coefficient (Wildman–Crippen LogP) is 0.931. The lowest BCUT2D eigenvalue weighted by Gasteiger charge is -2.36. The first-order valence-corrected chi connectivity index (χ1v) is 10.4. The topological polar surface area (TPSA) is 120 Å². The Morgan fingerprint density at radius 2 is 1.47 bits per heavy atom. The highest BCUT2D eigenvalue weighted by atomic mass is 16.6. The quantitative estimate of drug-likeness (QED) is 0.549. The summed E-state index contributed by atoms with van der Waals surface area (Å²) in [5, 5.41) is 14.1. The maximum Gasteiger partial charge on any atom is 0.408 e. The Balaban J connectivity index is 2.72. The van der Waals surface area contributed by atoms with Gasteiger partial charge in [0.2, 0.25) is 5.91 Å². The molecule has 1 saturated heterocycles. The van der Waals surface area contributed by atoms with Crippen molar-refractivity contribution in [2.75, 3.05) is 45.9 Å². The molecule has 0 spiro atoms. The monoisotopic (exact) mass is 430 g/mol. The number of aliphatic hydroxyl groups is 1. The van der Waals surface area contributed by atoms with Crippen LogP contribution in [0.15, 0.2) is 0 Å². The Labute approximate surface area is 179 Å². The summed E-state index contributed by atoms with van der Waals surface area (Å²) >= 11 is 0. The molecule has 10 nitrogen and oxygen atoms in total. The number of carbonyl (C=O) groups excluding carboxylic acids is 3. The third-order valence-corrected chi connectivity index (χ3v) is 4.15. The molecule has 1 fully saturated rings. The predicted molar refractivity (Wildman–Crippen MR) is 112 cm³/mol. The van der Waals surface area contributed by atoms with Crippen LogP contribution in [-0.4, -0.2) is 96.1 Å². The number of piperazine rings is 1. The lowest BCUT2D eigenvalue weighted by atomic mass is 10.2. The molecule has 10 heteroatoms. The van der Waals surface area contributed by atoms with Gasteiger partial charge in [-0.2, -0.15) is 0 Å². The van der Waals surface area contributed by atoms with Crippen LogP contribution >= 0.6 is 0 Å².